The summed E-state index contributed by atoms with van der Waals surface area (Å²) in [5.74, 6) is 2.82. The lowest BCUT2D eigenvalue weighted by molar-refractivity contribution is -0.390. The van der Waals surface area contributed by atoms with E-state index in [9.17, 15) is 4.79 Å². The number of hydrogen-bond acceptors (Lipinski definition) is 6. The third-order valence-corrected chi connectivity index (χ3v) is 9.21. The topological polar surface area (TPSA) is 83.2 Å². The van der Waals surface area contributed by atoms with E-state index in [1.54, 1.807) is 0 Å². The van der Waals surface area contributed by atoms with E-state index in [-0.39, 0.29) is 12.5 Å². The van der Waals surface area contributed by atoms with Crippen LogP contribution in [0.15, 0.2) is 24.3 Å². The second-order valence-electron chi connectivity index (χ2n) is 11.6. The summed E-state index contributed by atoms with van der Waals surface area (Å²) in [7, 11) is 1.86. The highest BCUT2D eigenvalue weighted by molar-refractivity contribution is 5.75. The second kappa shape index (κ2) is 8.77. The Balaban J connectivity index is 1.01. The summed E-state index contributed by atoms with van der Waals surface area (Å²) in [5.41, 5.74) is 6.57. The number of carbonyl (C=O) groups excluding carboxylic acids is 1. The predicted octanol–water partition coefficient (Wildman–Crippen LogP) is 3.97. The zero-order valence-electron chi connectivity index (χ0n) is 20.2. The maximum Gasteiger partial charge on any atom is 0.231 e. The molecule has 1 aromatic rings. The first kappa shape index (κ1) is 22.8. The first-order valence-corrected chi connectivity index (χ1v) is 13.2. The summed E-state index contributed by atoms with van der Waals surface area (Å²) >= 11 is 0. The number of amides is 1. The fourth-order valence-electron chi connectivity index (χ4n) is 7.69. The van der Waals surface area contributed by atoms with Crippen LogP contribution in [0.2, 0.25) is 0 Å². The van der Waals surface area contributed by atoms with Gasteiger partial charge >= 0.3 is 0 Å². The quantitative estimate of drug-likeness (QED) is 0.607. The molecule has 1 aliphatic heterocycles. The van der Waals surface area contributed by atoms with E-state index >= 15 is 0 Å². The van der Waals surface area contributed by atoms with E-state index in [0.29, 0.717) is 30.9 Å². The second-order valence-corrected chi connectivity index (χ2v) is 11.6. The molecule has 5 aliphatic carbocycles. The van der Waals surface area contributed by atoms with Gasteiger partial charge in [-0.1, -0.05) is 12.1 Å². The van der Waals surface area contributed by atoms with E-state index in [1.807, 2.05) is 24.1 Å². The van der Waals surface area contributed by atoms with Crippen molar-refractivity contribution in [3.05, 3.63) is 29.8 Å². The summed E-state index contributed by atoms with van der Waals surface area (Å²) in [6.45, 7) is 1.42. The highest BCUT2D eigenvalue weighted by Crippen LogP contribution is 2.64. The molecule has 0 radical (unpaired) electrons. The Morgan fingerprint density at radius 3 is 2.29 bits per heavy atom. The molecule has 1 amide bonds. The van der Waals surface area contributed by atoms with Crippen molar-refractivity contribution in [2.24, 2.45) is 29.4 Å². The van der Waals surface area contributed by atoms with Crippen molar-refractivity contribution >= 4 is 5.91 Å². The monoisotopic (exact) mass is 470 g/mol. The van der Waals surface area contributed by atoms with Crippen LogP contribution in [0.25, 0.3) is 0 Å². The number of carbonyl (C=O) groups is 1. The van der Waals surface area contributed by atoms with Crippen LogP contribution >= 0.6 is 0 Å². The molecule has 2 spiro atoms. The van der Waals surface area contributed by atoms with Crippen LogP contribution in [-0.4, -0.2) is 49.1 Å². The largest absolute Gasteiger partial charge is 0.492 e. The maximum absolute atomic E-state index is 11.0. The van der Waals surface area contributed by atoms with E-state index in [1.165, 1.54) is 37.7 Å². The fraction of sp³-hybridized carbons (Fsp3) is 0.741. The standard InChI is InChI=1S/C27H38N2O5/c1-29(17-25(28)30)10-11-31-24-4-2-20(3-5-24)21-6-8-26(9-7-21)32-27(34-33-26)22-13-18-12-19(15-22)16-23(27)14-18/h2-5,18-19,21-23H,6-17H2,1H3,(H2,28,30). The van der Waals surface area contributed by atoms with Crippen LogP contribution in [0.5, 0.6) is 5.75 Å². The van der Waals surface area contributed by atoms with Gasteiger partial charge in [-0.15, -0.1) is 0 Å². The van der Waals surface area contributed by atoms with E-state index < -0.39 is 11.6 Å². The Bertz CT molecular complexity index is 867. The molecule has 1 saturated heterocycles. The maximum atomic E-state index is 11.0. The fourth-order valence-corrected chi connectivity index (χ4v) is 7.69. The molecule has 5 saturated carbocycles. The molecule has 7 nitrogen and oxygen atoms in total. The highest BCUT2D eigenvalue weighted by atomic mass is 17.3. The van der Waals surface area contributed by atoms with Crippen LogP contribution in [0, 0.1) is 23.7 Å². The number of nitrogens with zero attached hydrogens (tertiary/aromatic N) is 1. The Kier molecular flexibility index (Phi) is 5.87. The van der Waals surface area contributed by atoms with Gasteiger partial charge in [0, 0.05) is 31.2 Å². The average molecular weight is 471 g/mol. The number of rotatable bonds is 7. The van der Waals surface area contributed by atoms with Crippen molar-refractivity contribution in [1.82, 2.24) is 4.90 Å². The van der Waals surface area contributed by atoms with E-state index in [2.05, 4.69) is 12.1 Å². The molecule has 0 atom stereocenters. The first-order valence-electron chi connectivity index (χ1n) is 13.2. The molecule has 0 aromatic heterocycles. The third kappa shape index (κ3) is 4.15. The summed E-state index contributed by atoms with van der Waals surface area (Å²) < 4.78 is 12.7. The van der Waals surface area contributed by atoms with Crippen molar-refractivity contribution in [2.45, 2.75) is 75.3 Å². The van der Waals surface area contributed by atoms with Gasteiger partial charge in [-0.05, 0) is 87.4 Å². The van der Waals surface area contributed by atoms with Crippen molar-refractivity contribution < 1.29 is 24.0 Å². The number of ether oxygens (including phenoxy) is 2. The molecule has 34 heavy (non-hydrogen) atoms. The van der Waals surface area contributed by atoms with Crippen molar-refractivity contribution in [2.75, 3.05) is 26.7 Å². The van der Waals surface area contributed by atoms with Gasteiger partial charge in [0.1, 0.15) is 12.4 Å². The van der Waals surface area contributed by atoms with Crippen molar-refractivity contribution in [3.63, 3.8) is 0 Å². The first-order chi connectivity index (χ1) is 16.4. The van der Waals surface area contributed by atoms with Crippen LogP contribution in [-0.2, 0) is 19.3 Å². The summed E-state index contributed by atoms with van der Waals surface area (Å²) in [4.78, 5) is 25.1. The summed E-state index contributed by atoms with van der Waals surface area (Å²) in [6.07, 6.45) is 10.3. The average Bonchev–Trinajstić information content (AvgIpc) is 3.17. The molecule has 1 aromatic carbocycles. The molecule has 6 aliphatic rings. The molecule has 7 heteroatoms. The van der Waals surface area contributed by atoms with Crippen LogP contribution < -0.4 is 10.5 Å². The van der Waals surface area contributed by atoms with Gasteiger partial charge in [-0.25, -0.2) is 0 Å². The van der Waals surface area contributed by atoms with Gasteiger partial charge in [0.15, 0.2) is 0 Å². The minimum atomic E-state index is -0.550. The van der Waals surface area contributed by atoms with Crippen molar-refractivity contribution in [1.29, 1.82) is 0 Å². The molecule has 2 N–H and O–H groups in total. The van der Waals surface area contributed by atoms with Crippen LogP contribution in [0.4, 0.5) is 0 Å². The Hall–Kier alpha value is -1.67. The lowest BCUT2D eigenvalue weighted by Gasteiger charge is -2.57. The minimum absolute atomic E-state index is 0.243. The van der Waals surface area contributed by atoms with E-state index in [0.717, 1.165) is 43.3 Å². The Morgan fingerprint density at radius 1 is 1.03 bits per heavy atom. The number of primary amides is 1. The predicted molar refractivity (Wildman–Crippen MR) is 126 cm³/mol. The summed E-state index contributed by atoms with van der Waals surface area (Å²) in [6, 6.07) is 8.44. The molecule has 7 rings (SSSR count). The van der Waals surface area contributed by atoms with Gasteiger partial charge in [0.05, 0.1) is 6.54 Å². The normalized spacial score (nSPS) is 40.5. The smallest absolute Gasteiger partial charge is 0.231 e. The molecule has 6 fully saturated rings. The summed E-state index contributed by atoms with van der Waals surface area (Å²) in [5, 5.41) is 0. The molecular formula is C27H38N2O5. The number of likely N-dealkylation sites (N-methyl/N-ethyl adjacent to an activating group) is 1. The number of hydrogen-bond donors (Lipinski definition) is 1. The van der Waals surface area contributed by atoms with Crippen molar-refractivity contribution in [3.8, 4) is 5.75 Å². The third-order valence-electron chi connectivity index (χ3n) is 9.21. The molecular weight excluding hydrogens is 432 g/mol. The lowest BCUT2D eigenvalue weighted by Crippen LogP contribution is -2.59. The van der Waals surface area contributed by atoms with Gasteiger partial charge in [0.25, 0.3) is 0 Å². The zero-order valence-corrected chi connectivity index (χ0v) is 20.2. The van der Waals surface area contributed by atoms with Gasteiger partial charge in [0.2, 0.25) is 17.5 Å². The van der Waals surface area contributed by atoms with Crippen LogP contribution in [0.1, 0.15) is 69.3 Å². The molecule has 186 valence electrons. The highest BCUT2D eigenvalue weighted by Gasteiger charge is 2.66. The molecule has 4 bridgehead atoms. The lowest BCUT2D eigenvalue weighted by atomic mass is 9.53. The molecule has 0 unspecified atom stereocenters. The zero-order chi connectivity index (χ0) is 23.3. The van der Waals surface area contributed by atoms with Gasteiger partial charge < -0.3 is 15.2 Å². The number of benzene rings is 1. The van der Waals surface area contributed by atoms with Gasteiger partial charge in [-0.2, -0.15) is 9.78 Å². The number of nitrogens with two attached hydrogens (primary N) is 1. The van der Waals surface area contributed by atoms with Crippen LogP contribution in [0.3, 0.4) is 0 Å². The van der Waals surface area contributed by atoms with Gasteiger partial charge in [-0.3, -0.25) is 9.69 Å². The SMILES string of the molecule is CN(CCOc1ccc(C2CCC3(CC2)OOC2(O3)C3CC4CC(C3)CC2C4)cc1)CC(N)=O. The minimum Gasteiger partial charge on any atom is -0.492 e. The Morgan fingerprint density at radius 2 is 1.68 bits per heavy atom. The van der Waals surface area contributed by atoms with E-state index in [4.69, 9.17) is 25.0 Å². The molecule has 1 heterocycles. The Labute approximate surface area is 202 Å².